The molecule has 0 amide bonds. The third-order valence-electron chi connectivity index (χ3n) is 2.84. The summed E-state index contributed by atoms with van der Waals surface area (Å²) < 4.78 is 6.86. The van der Waals surface area contributed by atoms with Crippen LogP contribution in [-0.2, 0) is 0 Å². The van der Waals surface area contributed by atoms with E-state index < -0.39 is 0 Å². The lowest BCUT2D eigenvalue weighted by Crippen LogP contribution is -1.93. The number of benzene rings is 1. The molecule has 0 bridgehead atoms. The van der Waals surface area contributed by atoms with Crippen molar-refractivity contribution >= 4 is 11.3 Å². The Kier molecular flexibility index (Phi) is 2.37. The molecule has 0 aliphatic carbocycles. The number of nitrogen functional groups attached to an aromatic ring is 1. The minimum Gasteiger partial charge on any atom is -0.495 e. The molecule has 0 radical (unpaired) electrons. The number of methoxy groups -OCH3 is 1. The number of hydrogen-bond acceptors (Lipinski definition) is 4. The van der Waals surface area contributed by atoms with Crippen LogP contribution < -0.4 is 10.5 Å². The number of anilines is 1. The van der Waals surface area contributed by atoms with E-state index in [1.54, 1.807) is 11.6 Å². The first-order valence-corrected chi connectivity index (χ1v) is 5.51. The van der Waals surface area contributed by atoms with Gasteiger partial charge in [0.1, 0.15) is 12.1 Å². The Morgan fingerprint density at radius 2 is 2.00 bits per heavy atom. The highest BCUT2D eigenvalue weighted by Gasteiger charge is 2.04. The predicted octanol–water partition coefficient (Wildman–Crippen LogP) is 1.99. The topological polar surface area (TPSA) is 65.4 Å². The molecule has 0 atom stereocenters. The number of hydrogen-bond donors (Lipinski definition) is 1. The van der Waals surface area contributed by atoms with Crippen molar-refractivity contribution in [3.05, 3.63) is 42.9 Å². The van der Waals surface area contributed by atoms with E-state index in [2.05, 4.69) is 10.1 Å². The number of fused-ring (bicyclic) bond motifs is 1. The molecule has 1 aromatic carbocycles. The van der Waals surface area contributed by atoms with E-state index in [4.69, 9.17) is 10.5 Å². The summed E-state index contributed by atoms with van der Waals surface area (Å²) in [5, 5.41) is 4.06. The molecule has 0 saturated heterocycles. The van der Waals surface area contributed by atoms with Gasteiger partial charge < -0.3 is 10.5 Å². The fourth-order valence-electron chi connectivity index (χ4n) is 1.91. The minimum atomic E-state index is 0.622. The van der Waals surface area contributed by atoms with Crippen LogP contribution in [0, 0.1) is 0 Å². The Balaban J connectivity index is 2.10. The molecular weight excluding hydrogens is 228 g/mol. The van der Waals surface area contributed by atoms with E-state index in [9.17, 15) is 0 Å². The zero-order chi connectivity index (χ0) is 12.5. The van der Waals surface area contributed by atoms with Crippen molar-refractivity contribution in [1.29, 1.82) is 0 Å². The lowest BCUT2D eigenvalue weighted by Gasteiger charge is -2.07. The van der Waals surface area contributed by atoms with Gasteiger partial charge in [-0.1, -0.05) is 6.07 Å². The summed E-state index contributed by atoms with van der Waals surface area (Å²) >= 11 is 0. The van der Waals surface area contributed by atoms with E-state index in [0.717, 1.165) is 16.8 Å². The number of pyridine rings is 1. The molecular formula is C13H12N4O. The molecule has 0 aliphatic rings. The number of rotatable bonds is 2. The highest BCUT2D eigenvalue weighted by Crippen LogP contribution is 2.28. The van der Waals surface area contributed by atoms with Crippen LogP contribution in [0.2, 0.25) is 0 Å². The second-order valence-corrected chi connectivity index (χ2v) is 3.93. The van der Waals surface area contributed by atoms with Crippen LogP contribution in [-0.4, -0.2) is 21.7 Å². The molecule has 90 valence electrons. The number of nitrogens with zero attached hydrogens (tertiary/aromatic N) is 3. The monoisotopic (exact) mass is 240 g/mol. The Morgan fingerprint density at radius 1 is 1.17 bits per heavy atom. The molecule has 2 N–H and O–H groups in total. The molecule has 0 fully saturated rings. The summed E-state index contributed by atoms with van der Waals surface area (Å²) in [6.45, 7) is 0. The minimum absolute atomic E-state index is 0.622. The third kappa shape index (κ3) is 1.66. The number of nitrogens with two attached hydrogens (primary N) is 1. The van der Waals surface area contributed by atoms with E-state index in [-0.39, 0.29) is 0 Å². The molecule has 2 aromatic heterocycles. The van der Waals surface area contributed by atoms with Gasteiger partial charge in [0.15, 0.2) is 5.65 Å². The van der Waals surface area contributed by atoms with Crippen LogP contribution in [0.25, 0.3) is 16.8 Å². The van der Waals surface area contributed by atoms with Crippen LogP contribution >= 0.6 is 0 Å². The van der Waals surface area contributed by atoms with Gasteiger partial charge in [-0.25, -0.2) is 9.50 Å². The molecule has 18 heavy (non-hydrogen) atoms. The Hall–Kier alpha value is -2.56. The molecule has 3 rings (SSSR count). The first-order chi connectivity index (χ1) is 8.78. The van der Waals surface area contributed by atoms with Gasteiger partial charge in [0.05, 0.1) is 12.8 Å². The predicted molar refractivity (Wildman–Crippen MR) is 69.4 cm³/mol. The van der Waals surface area contributed by atoms with Crippen LogP contribution in [0.5, 0.6) is 5.75 Å². The zero-order valence-electron chi connectivity index (χ0n) is 9.87. The zero-order valence-corrected chi connectivity index (χ0v) is 9.87. The lowest BCUT2D eigenvalue weighted by molar-refractivity contribution is 0.417. The van der Waals surface area contributed by atoms with E-state index in [1.165, 1.54) is 6.33 Å². The Labute approximate surface area is 104 Å². The summed E-state index contributed by atoms with van der Waals surface area (Å²) in [5.41, 5.74) is 9.41. The molecule has 2 heterocycles. The highest BCUT2D eigenvalue weighted by atomic mass is 16.5. The molecule has 0 saturated carbocycles. The quantitative estimate of drug-likeness (QED) is 0.696. The van der Waals surface area contributed by atoms with Crippen molar-refractivity contribution in [2.24, 2.45) is 0 Å². The van der Waals surface area contributed by atoms with Crippen molar-refractivity contribution < 1.29 is 4.74 Å². The second kappa shape index (κ2) is 4.03. The standard InChI is InChI=1S/C13H12N4O/c1-18-12-3-2-9(6-11(12)14)10-4-5-17-13(7-10)15-8-16-17/h2-8H,14H2,1H3. The van der Waals surface area contributed by atoms with Gasteiger partial charge in [-0.15, -0.1) is 0 Å². The molecule has 0 aliphatic heterocycles. The summed E-state index contributed by atoms with van der Waals surface area (Å²) in [7, 11) is 1.60. The van der Waals surface area contributed by atoms with Crippen molar-refractivity contribution in [2.75, 3.05) is 12.8 Å². The summed E-state index contributed by atoms with van der Waals surface area (Å²) in [6, 6.07) is 9.66. The highest BCUT2D eigenvalue weighted by molar-refractivity contribution is 5.72. The lowest BCUT2D eigenvalue weighted by atomic mass is 10.1. The second-order valence-electron chi connectivity index (χ2n) is 3.93. The largest absolute Gasteiger partial charge is 0.495 e. The molecule has 3 aromatic rings. The van der Waals surface area contributed by atoms with Gasteiger partial charge in [-0.05, 0) is 35.4 Å². The molecule has 0 spiro atoms. The summed E-state index contributed by atoms with van der Waals surface area (Å²) in [6.07, 6.45) is 3.40. The maximum atomic E-state index is 5.90. The first-order valence-electron chi connectivity index (χ1n) is 5.51. The summed E-state index contributed by atoms with van der Waals surface area (Å²) in [5.74, 6) is 0.683. The SMILES string of the molecule is COc1ccc(-c2ccn3ncnc3c2)cc1N. The maximum absolute atomic E-state index is 5.90. The van der Waals surface area contributed by atoms with Crippen LogP contribution in [0.4, 0.5) is 5.69 Å². The van der Waals surface area contributed by atoms with Crippen LogP contribution in [0.15, 0.2) is 42.9 Å². The maximum Gasteiger partial charge on any atom is 0.155 e. The number of ether oxygens (including phenoxy) is 1. The molecule has 0 unspecified atom stereocenters. The average Bonchev–Trinajstić information content (AvgIpc) is 2.85. The fraction of sp³-hybridized carbons (Fsp3) is 0.0769. The van der Waals surface area contributed by atoms with Crippen molar-refractivity contribution in [1.82, 2.24) is 14.6 Å². The fourth-order valence-corrected chi connectivity index (χ4v) is 1.91. The van der Waals surface area contributed by atoms with E-state index in [1.807, 2.05) is 36.5 Å². The van der Waals surface area contributed by atoms with Crippen molar-refractivity contribution in [3.63, 3.8) is 0 Å². The van der Waals surface area contributed by atoms with Crippen LogP contribution in [0.1, 0.15) is 0 Å². The van der Waals surface area contributed by atoms with Gasteiger partial charge in [-0.2, -0.15) is 5.10 Å². The smallest absolute Gasteiger partial charge is 0.155 e. The van der Waals surface area contributed by atoms with Gasteiger partial charge in [0, 0.05) is 6.20 Å². The summed E-state index contributed by atoms with van der Waals surface area (Å²) in [4.78, 5) is 4.16. The normalized spacial score (nSPS) is 10.7. The number of aromatic nitrogens is 3. The molecule has 5 nitrogen and oxygen atoms in total. The van der Waals surface area contributed by atoms with Gasteiger partial charge in [0.25, 0.3) is 0 Å². The van der Waals surface area contributed by atoms with Crippen molar-refractivity contribution in [2.45, 2.75) is 0 Å². The van der Waals surface area contributed by atoms with Crippen LogP contribution in [0.3, 0.4) is 0 Å². The van der Waals surface area contributed by atoms with E-state index in [0.29, 0.717) is 11.4 Å². The van der Waals surface area contributed by atoms with Gasteiger partial charge in [-0.3, -0.25) is 0 Å². The van der Waals surface area contributed by atoms with E-state index >= 15 is 0 Å². The van der Waals surface area contributed by atoms with Gasteiger partial charge >= 0.3 is 0 Å². The van der Waals surface area contributed by atoms with Gasteiger partial charge in [0.2, 0.25) is 0 Å². The third-order valence-corrected chi connectivity index (χ3v) is 2.84. The first kappa shape index (κ1) is 10.6. The molecule has 5 heteroatoms. The van der Waals surface area contributed by atoms with Crippen molar-refractivity contribution in [3.8, 4) is 16.9 Å². The Morgan fingerprint density at radius 3 is 2.78 bits per heavy atom. The Bertz CT molecular complexity index is 705. The average molecular weight is 240 g/mol.